The molecule has 1 N–H and O–H groups in total. The number of hydrogen-bond acceptors (Lipinski definition) is 4. The van der Waals surface area contributed by atoms with Gasteiger partial charge in [-0.25, -0.2) is 5.10 Å². The van der Waals surface area contributed by atoms with E-state index in [1.54, 1.807) is 10.9 Å². The molecule has 0 amide bonds. The van der Waals surface area contributed by atoms with Crippen LogP contribution >= 0.6 is 28.1 Å². The van der Waals surface area contributed by atoms with Crippen LogP contribution in [0.3, 0.4) is 0 Å². The number of halogens is 1. The Kier molecular flexibility index (Phi) is 6.00. The van der Waals surface area contributed by atoms with Crippen LogP contribution in [0, 0.1) is 4.77 Å². The molecule has 1 aromatic heterocycles. The van der Waals surface area contributed by atoms with Crippen molar-refractivity contribution < 1.29 is 0 Å². The highest BCUT2D eigenvalue weighted by atomic mass is 79.9. The summed E-state index contributed by atoms with van der Waals surface area (Å²) in [6.07, 6.45) is 1.79. The highest BCUT2D eigenvalue weighted by Gasteiger charge is 2.10. The van der Waals surface area contributed by atoms with Crippen molar-refractivity contribution in [2.75, 3.05) is 18.0 Å². The fourth-order valence-electron chi connectivity index (χ4n) is 2.70. The zero-order valence-corrected chi connectivity index (χ0v) is 17.1. The van der Waals surface area contributed by atoms with Gasteiger partial charge in [-0.2, -0.15) is 14.9 Å². The molecule has 0 spiro atoms. The van der Waals surface area contributed by atoms with E-state index in [4.69, 9.17) is 12.2 Å². The zero-order chi connectivity index (χ0) is 18.5. The van der Waals surface area contributed by atoms with Gasteiger partial charge in [-0.3, -0.25) is 0 Å². The van der Waals surface area contributed by atoms with Gasteiger partial charge in [-0.1, -0.05) is 40.2 Å². The molecule has 0 saturated heterocycles. The summed E-state index contributed by atoms with van der Waals surface area (Å²) in [5.74, 6) is 0.665. The number of aromatic nitrogens is 3. The minimum Gasteiger partial charge on any atom is -0.372 e. The van der Waals surface area contributed by atoms with Gasteiger partial charge in [0, 0.05) is 28.8 Å². The lowest BCUT2D eigenvalue weighted by atomic mass is 10.2. The van der Waals surface area contributed by atoms with Crippen LogP contribution in [-0.2, 0) is 0 Å². The van der Waals surface area contributed by atoms with Crippen LogP contribution in [-0.4, -0.2) is 34.2 Å². The van der Waals surface area contributed by atoms with Crippen molar-refractivity contribution in [3.8, 4) is 11.4 Å². The fraction of sp³-hybridized carbons (Fsp3) is 0.211. The maximum absolute atomic E-state index is 5.33. The van der Waals surface area contributed by atoms with E-state index in [-0.39, 0.29) is 0 Å². The van der Waals surface area contributed by atoms with E-state index in [1.165, 1.54) is 5.69 Å². The Morgan fingerprint density at radius 1 is 1.15 bits per heavy atom. The maximum Gasteiger partial charge on any atom is 0.216 e. The van der Waals surface area contributed by atoms with Gasteiger partial charge in [-0.15, -0.1) is 0 Å². The summed E-state index contributed by atoms with van der Waals surface area (Å²) in [5, 5.41) is 11.7. The van der Waals surface area contributed by atoms with Gasteiger partial charge in [-0.05, 0) is 55.9 Å². The van der Waals surface area contributed by atoms with Crippen molar-refractivity contribution in [2.45, 2.75) is 13.8 Å². The average Bonchev–Trinajstić information content (AvgIpc) is 3.03. The molecule has 0 atom stereocenters. The van der Waals surface area contributed by atoms with E-state index < -0.39 is 0 Å². The van der Waals surface area contributed by atoms with Crippen LogP contribution in [0.5, 0.6) is 0 Å². The Bertz CT molecular complexity index is 955. The highest BCUT2D eigenvalue weighted by molar-refractivity contribution is 9.10. The molecule has 0 saturated carbocycles. The van der Waals surface area contributed by atoms with E-state index in [1.807, 2.05) is 24.3 Å². The van der Waals surface area contributed by atoms with Crippen LogP contribution in [0.4, 0.5) is 5.69 Å². The number of aromatic amines is 1. The Morgan fingerprint density at radius 2 is 1.85 bits per heavy atom. The maximum atomic E-state index is 5.33. The quantitative estimate of drug-likeness (QED) is 0.437. The number of H-pyrrole nitrogens is 1. The number of rotatable bonds is 6. The Hall–Kier alpha value is -2.25. The van der Waals surface area contributed by atoms with Crippen molar-refractivity contribution in [1.82, 2.24) is 14.9 Å². The van der Waals surface area contributed by atoms with Gasteiger partial charge in [0.2, 0.25) is 4.77 Å². The number of nitrogens with one attached hydrogen (secondary N) is 1. The lowest BCUT2D eigenvalue weighted by Gasteiger charge is -2.20. The van der Waals surface area contributed by atoms with Crippen molar-refractivity contribution in [3.05, 3.63) is 63.3 Å². The SMILES string of the molecule is CCN(CC)c1ccc(/C=N\n2c(-c3ccccc3Br)n[nH]c2=S)cc1. The van der Waals surface area contributed by atoms with Crippen molar-refractivity contribution >= 4 is 40.0 Å². The summed E-state index contributed by atoms with van der Waals surface area (Å²) < 4.78 is 3.02. The van der Waals surface area contributed by atoms with Crippen LogP contribution < -0.4 is 4.90 Å². The molecule has 3 rings (SSSR count). The molecule has 0 radical (unpaired) electrons. The Labute approximate surface area is 166 Å². The molecule has 0 aliphatic rings. The summed E-state index contributed by atoms with van der Waals surface area (Å²) >= 11 is 8.88. The first-order valence-corrected chi connectivity index (χ1v) is 9.65. The normalized spacial score (nSPS) is 11.2. The number of hydrogen-bond donors (Lipinski definition) is 1. The van der Waals surface area contributed by atoms with Crippen LogP contribution in [0.25, 0.3) is 11.4 Å². The van der Waals surface area contributed by atoms with E-state index in [9.17, 15) is 0 Å². The molecular weight excluding hydrogens is 410 g/mol. The van der Waals surface area contributed by atoms with Gasteiger partial charge in [0.25, 0.3) is 0 Å². The van der Waals surface area contributed by atoms with Gasteiger partial charge in [0.1, 0.15) is 0 Å². The monoisotopic (exact) mass is 429 g/mol. The van der Waals surface area contributed by atoms with Gasteiger partial charge >= 0.3 is 0 Å². The second-order valence-corrected chi connectivity index (χ2v) is 6.89. The molecule has 134 valence electrons. The van der Waals surface area contributed by atoms with Gasteiger partial charge in [0.15, 0.2) is 5.82 Å². The van der Waals surface area contributed by atoms with E-state index in [0.29, 0.717) is 10.6 Å². The van der Waals surface area contributed by atoms with E-state index in [2.05, 4.69) is 74.2 Å². The summed E-state index contributed by atoms with van der Waals surface area (Å²) in [6.45, 7) is 6.29. The number of anilines is 1. The molecule has 26 heavy (non-hydrogen) atoms. The molecule has 0 unspecified atom stereocenters. The van der Waals surface area contributed by atoms with Crippen LogP contribution in [0.15, 0.2) is 58.1 Å². The minimum absolute atomic E-state index is 0.451. The van der Waals surface area contributed by atoms with Crippen molar-refractivity contribution in [3.63, 3.8) is 0 Å². The Morgan fingerprint density at radius 3 is 2.50 bits per heavy atom. The fourth-order valence-corrected chi connectivity index (χ4v) is 3.34. The first-order valence-electron chi connectivity index (χ1n) is 8.45. The summed E-state index contributed by atoms with van der Waals surface area (Å²) in [6, 6.07) is 16.2. The number of benzene rings is 2. The average molecular weight is 430 g/mol. The summed E-state index contributed by atoms with van der Waals surface area (Å²) in [4.78, 5) is 2.30. The molecule has 0 aliphatic carbocycles. The molecule has 2 aromatic carbocycles. The first-order chi connectivity index (χ1) is 12.6. The lowest BCUT2D eigenvalue weighted by Crippen LogP contribution is -2.21. The standard InChI is InChI=1S/C19H20BrN5S/c1-3-24(4-2)15-11-9-14(10-12-15)13-21-25-18(22-23-19(25)26)16-7-5-6-8-17(16)20/h5-13H,3-4H2,1-2H3,(H,23,26)/b21-13-. The smallest absolute Gasteiger partial charge is 0.216 e. The van der Waals surface area contributed by atoms with Crippen molar-refractivity contribution in [2.24, 2.45) is 5.10 Å². The lowest BCUT2D eigenvalue weighted by molar-refractivity contribution is 0.865. The molecule has 0 fully saturated rings. The zero-order valence-electron chi connectivity index (χ0n) is 14.7. The first kappa shape index (κ1) is 18.5. The summed E-state index contributed by atoms with van der Waals surface area (Å²) in [5.41, 5.74) is 3.14. The van der Waals surface area contributed by atoms with E-state index in [0.717, 1.165) is 28.7 Å². The second kappa shape index (κ2) is 8.42. The third kappa shape index (κ3) is 3.94. The molecule has 7 heteroatoms. The van der Waals surface area contributed by atoms with Gasteiger partial charge < -0.3 is 4.90 Å². The molecule has 0 bridgehead atoms. The predicted octanol–water partition coefficient (Wildman–Crippen LogP) is 5.10. The third-order valence-electron chi connectivity index (χ3n) is 4.11. The topological polar surface area (TPSA) is 49.2 Å². The highest BCUT2D eigenvalue weighted by Crippen LogP contribution is 2.26. The minimum atomic E-state index is 0.451. The Balaban J connectivity index is 1.89. The van der Waals surface area contributed by atoms with Crippen LogP contribution in [0.2, 0.25) is 0 Å². The molecule has 3 aromatic rings. The molecule has 0 aliphatic heterocycles. The largest absolute Gasteiger partial charge is 0.372 e. The predicted molar refractivity (Wildman–Crippen MR) is 114 cm³/mol. The van der Waals surface area contributed by atoms with Crippen molar-refractivity contribution in [1.29, 1.82) is 0 Å². The molecule has 5 nitrogen and oxygen atoms in total. The number of nitrogens with zero attached hydrogens (tertiary/aromatic N) is 4. The molecular formula is C19H20BrN5S. The van der Waals surface area contributed by atoms with Crippen LogP contribution in [0.1, 0.15) is 19.4 Å². The molecule has 1 heterocycles. The van der Waals surface area contributed by atoms with Gasteiger partial charge in [0.05, 0.1) is 6.21 Å². The summed E-state index contributed by atoms with van der Waals surface area (Å²) in [7, 11) is 0. The second-order valence-electron chi connectivity index (χ2n) is 5.65. The van der Waals surface area contributed by atoms with E-state index >= 15 is 0 Å². The third-order valence-corrected chi connectivity index (χ3v) is 5.06.